The molecule has 0 bridgehead atoms. The Bertz CT molecular complexity index is 660. The monoisotopic (exact) mass is 335 g/mol. The summed E-state index contributed by atoms with van der Waals surface area (Å²) in [7, 11) is 0. The fourth-order valence-corrected chi connectivity index (χ4v) is 2.11. The zero-order chi connectivity index (χ0) is 14.9. The number of carboxylic acids is 1. The number of anilines is 1. The van der Waals surface area contributed by atoms with Gasteiger partial charge in [0.2, 0.25) is 0 Å². The molecule has 0 spiro atoms. The third kappa shape index (κ3) is 2.93. The molecule has 5 heteroatoms. The number of nitrogen functional groups attached to an aromatic ring is 1. The van der Waals surface area contributed by atoms with Gasteiger partial charge in [0.1, 0.15) is 11.5 Å². The Balaban J connectivity index is 2.35. The van der Waals surface area contributed by atoms with E-state index in [2.05, 4.69) is 15.9 Å². The van der Waals surface area contributed by atoms with Crippen LogP contribution >= 0.6 is 15.9 Å². The third-order valence-corrected chi connectivity index (χ3v) is 4.15. The Morgan fingerprint density at radius 3 is 2.30 bits per heavy atom. The summed E-state index contributed by atoms with van der Waals surface area (Å²) in [4.78, 5) is 11.0. The lowest BCUT2D eigenvalue weighted by Gasteiger charge is -2.11. The first kappa shape index (κ1) is 14.4. The van der Waals surface area contributed by atoms with Crippen LogP contribution in [0.3, 0.4) is 0 Å². The summed E-state index contributed by atoms with van der Waals surface area (Å²) >= 11 is 3.49. The van der Waals surface area contributed by atoms with E-state index in [9.17, 15) is 4.79 Å². The lowest BCUT2D eigenvalue weighted by Crippen LogP contribution is -2.02. The summed E-state index contributed by atoms with van der Waals surface area (Å²) in [5.74, 6) is 0.0261. The van der Waals surface area contributed by atoms with E-state index >= 15 is 0 Å². The second kappa shape index (κ2) is 5.54. The molecular weight excluding hydrogens is 322 g/mol. The summed E-state index contributed by atoms with van der Waals surface area (Å²) in [6.07, 6.45) is 0. The number of carboxylic acid groups (broad SMARTS) is 1. The zero-order valence-electron chi connectivity index (χ0n) is 11.1. The lowest BCUT2D eigenvalue weighted by atomic mass is 10.1. The first-order valence-corrected chi connectivity index (χ1v) is 6.75. The number of benzene rings is 2. The van der Waals surface area contributed by atoms with Crippen molar-refractivity contribution in [1.29, 1.82) is 0 Å². The predicted octanol–water partition coefficient (Wildman–Crippen LogP) is 4.14. The molecule has 0 aromatic heterocycles. The number of hydrogen-bond acceptors (Lipinski definition) is 3. The second-order valence-corrected chi connectivity index (χ2v) is 5.32. The number of halogens is 1. The molecule has 0 aliphatic rings. The van der Waals surface area contributed by atoms with Crippen LogP contribution in [0.4, 0.5) is 5.69 Å². The van der Waals surface area contributed by atoms with Crippen LogP contribution in [0, 0.1) is 13.8 Å². The smallest absolute Gasteiger partial charge is 0.337 e. The molecular formula is C15H14BrNO3. The number of aromatic carboxylic acids is 1. The van der Waals surface area contributed by atoms with Crippen molar-refractivity contribution >= 4 is 27.6 Å². The van der Waals surface area contributed by atoms with Gasteiger partial charge in [-0.2, -0.15) is 0 Å². The number of rotatable bonds is 3. The van der Waals surface area contributed by atoms with Gasteiger partial charge in [0, 0.05) is 10.2 Å². The molecule has 0 atom stereocenters. The van der Waals surface area contributed by atoms with E-state index in [1.54, 1.807) is 6.07 Å². The molecule has 0 saturated heterocycles. The maximum atomic E-state index is 11.0. The van der Waals surface area contributed by atoms with Crippen LogP contribution in [-0.4, -0.2) is 11.1 Å². The van der Waals surface area contributed by atoms with Gasteiger partial charge in [-0.15, -0.1) is 0 Å². The molecule has 0 heterocycles. The van der Waals surface area contributed by atoms with E-state index in [0.29, 0.717) is 11.5 Å². The Morgan fingerprint density at radius 1 is 1.15 bits per heavy atom. The highest BCUT2D eigenvalue weighted by molar-refractivity contribution is 9.10. The first-order chi connectivity index (χ1) is 9.38. The molecule has 2 aromatic rings. The normalized spacial score (nSPS) is 10.3. The van der Waals surface area contributed by atoms with Crippen molar-refractivity contribution < 1.29 is 14.6 Å². The minimum absolute atomic E-state index is 0.0352. The Labute approximate surface area is 125 Å². The number of hydrogen-bond donors (Lipinski definition) is 2. The molecule has 0 aliphatic carbocycles. The topological polar surface area (TPSA) is 72.5 Å². The van der Waals surface area contributed by atoms with Crippen molar-refractivity contribution in [1.82, 2.24) is 0 Å². The highest BCUT2D eigenvalue weighted by Gasteiger charge is 2.10. The molecule has 0 amide bonds. The van der Waals surface area contributed by atoms with E-state index in [4.69, 9.17) is 15.6 Å². The number of carbonyl (C=O) groups is 1. The van der Waals surface area contributed by atoms with E-state index in [1.807, 2.05) is 26.0 Å². The van der Waals surface area contributed by atoms with Gasteiger partial charge >= 0.3 is 5.97 Å². The van der Waals surface area contributed by atoms with Gasteiger partial charge < -0.3 is 15.6 Å². The second-order valence-electron chi connectivity index (χ2n) is 4.53. The van der Waals surface area contributed by atoms with Crippen molar-refractivity contribution in [3.8, 4) is 11.5 Å². The number of aryl methyl sites for hydroxylation is 2. The number of ether oxygens (including phenoxy) is 1. The zero-order valence-corrected chi connectivity index (χ0v) is 12.7. The van der Waals surface area contributed by atoms with Gasteiger partial charge in [-0.05, 0) is 55.3 Å². The van der Waals surface area contributed by atoms with Crippen LogP contribution in [0.1, 0.15) is 21.5 Å². The number of nitrogens with two attached hydrogens (primary N) is 1. The molecule has 2 aromatic carbocycles. The molecule has 3 N–H and O–H groups in total. The molecule has 0 unspecified atom stereocenters. The minimum atomic E-state index is -1.07. The van der Waals surface area contributed by atoms with Crippen LogP contribution in [0.15, 0.2) is 34.8 Å². The van der Waals surface area contributed by atoms with E-state index in [0.717, 1.165) is 15.6 Å². The van der Waals surface area contributed by atoms with Gasteiger partial charge in [-0.25, -0.2) is 4.79 Å². The van der Waals surface area contributed by atoms with E-state index < -0.39 is 5.97 Å². The molecule has 104 valence electrons. The van der Waals surface area contributed by atoms with Gasteiger partial charge in [-0.1, -0.05) is 15.9 Å². The maximum Gasteiger partial charge on any atom is 0.337 e. The summed E-state index contributed by atoms with van der Waals surface area (Å²) in [6.45, 7) is 3.94. The molecule has 0 radical (unpaired) electrons. The SMILES string of the molecule is Cc1cc(Oc2ccc(N)c(C(=O)O)c2)cc(C)c1Br. The molecule has 2 rings (SSSR count). The van der Waals surface area contributed by atoms with Crippen molar-refractivity contribution in [3.63, 3.8) is 0 Å². The van der Waals surface area contributed by atoms with E-state index in [1.165, 1.54) is 12.1 Å². The maximum absolute atomic E-state index is 11.0. The standard InChI is InChI=1S/C15H14BrNO3/c1-8-5-11(6-9(2)14(8)16)20-10-3-4-13(17)12(7-10)15(18)19/h3-7H,17H2,1-2H3,(H,18,19). The summed E-state index contributed by atoms with van der Waals surface area (Å²) in [5, 5.41) is 9.04. The average Bonchev–Trinajstić information content (AvgIpc) is 2.38. The minimum Gasteiger partial charge on any atom is -0.478 e. The highest BCUT2D eigenvalue weighted by atomic mass is 79.9. The van der Waals surface area contributed by atoms with Crippen molar-refractivity contribution in [3.05, 3.63) is 51.5 Å². The fraction of sp³-hybridized carbons (Fsp3) is 0.133. The average molecular weight is 336 g/mol. The van der Waals surface area contributed by atoms with Gasteiger partial charge in [0.25, 0.3) is 0 Å². The third-order valence-electron chi connectivity index (χ3n) is 2.90. The summed E-state index contributed by atoms with van der Waals surface area (Å²) in [6, 6.07) is 8.36. The molecule has 4 nitrogen and oxygen atoms in total. The van der Waals surface area contributed by atoms with Crippen LogP contribution in [0.2, 0.25) is 0 Å². The summed E-state index contributed by atoms with van der Waals surface area (Å²) < 4.78 is 6.74. The van der Waals surface area contributed by atoms with Gasteiger partial charge in [0.05, 0.1) is 5.56 Å². The van der Waals surface area contributed by atoms with Crippen molar-refractivity contribution in [2.75, 3.05) is 5.73 Å². The molecule has 0 aliphatic heterocycles. The quantitative estimate of drug-likeness (QED) is 0.827. The Kier molecular flexibility index (Phi) is 3.99. The van der Waals surface area contributed by atoms with Crippen molar-refractivity contribution in [2.24, 2.45) is 0 Å². The Morgan fingerprint density at radius 2 is 1.75 bits per heavy atom. The summed E-state index contributed by atoms with van der Waals surface area (Å²) in [5.41, 5.74) is 7.96. The van der Waals surface area contributed by atoms with Crippen LogP contribution in [0.25, 0.3) is 0 Å². The van der Waals surface area contributed by atoms with Crippen molar-refractivity contribution in [2.45, 2.75) is 13.8 Å². The molecule has 0 saturated carbocycles. The molecule has 20 heavy (non-hydrogen) atoms. The van der Waals surface area contributed by atoms with Gasteiger partial charge in [0.15, 0.2) is 0 Å². The van der Waals surface area contributed by atoms with Gasteiger partial charge in [-0.3, -0.25) is 0 Å². The largest absolute Gasteiger partial charge is 0.478 e. The Hall–Kier alpha value is -2.01. The van der Waals surface area contributed by atoms with Crippen LogP contribution in [0.5, 0.6) is 11.5 Å². The predicted molar refractivity (Wildman–Crippen MR) is 81.5 cm³/mol. The lowest BCUT2D eigenvalue weighted by molar-refractivity contribution is 0.0697. The first-order valence-electron chi connectivity index (χ1n) is 5.96. The molecule has 0 fully saturated rings. The fourth-order valence-electron chi connectivity index (χ4n) is 1.89. The van der Waals surface area contributed by atoms with Crippen LogP contribution in [-0.2, 0) is 0 Å². The van der Waals surface area contributed by atoms with Crippen LogP contribution < -0.4 is 10.5 Å². The van der Waals surface area contributed by atoms with E-state index in [-0.39, 0.29) is 11.3 Å². The highest BCUT2D eigenvalue weighted by Crippen LogP contribution is 2.30.